The molecule has 0 radical (unpaired) electrons. The molecular weight excluding hydrogens is 372 g/mol. The van der Waals surface area contributed by atoms with Gasteiger partial charge in [-0.05, 0) is 42.3 Å². The van der Waals surface area contributed by atoms with E-state index < -0.39 is 5.97 Å². The molecule has 1 amide bonds. The Kier molecular flexibility index (Phi) is 6.24. The lowest BCUT2D eigenvalue weighted by Gasteiger charge is -2.03. The van der Waals surface area contributed by atoms with E-state index in [4.69, 9.17) is 10.5 Å². The van der Waals surface area contributed by atoms with Crippen molar-refractivity contribution in [3.63, 3.8) is 0 Å². The molecule has 3 rings (SSSR count). The summed E-state index contributed by atoms with van der Waals surface area (Å²) in [7, 11) is 0. The van der Waals surface area contributed by atoms with E-state index >= 15 is 0 Å². The predicted octanol–water partition coefficient (Wildman–Crippen LogP) is 4.83. The topological polar surface area (TPSA) is 81.4 Å². The molecule has 2 aromatic carbocycles. The maximum absolute atomic E-state index is 12.4. The normalized spacial score (nSPS) is 10.8. The molecule has 3 N–H and O–H groups in total. The SMILES string of the molecule is CCOC(=O)c1cc(-c2ccccc2)sc1NC(=O)/C=C/c1ccc(N)cc1. The number of esters is 1. The summed E-state index contributed by atoms with van der Waals surface area (Å²) in [6.07, 6.45) is 3.10. The van der Waals surface area contributed by atoms with E-state index in [1.165, 1.54) is 17.4 Å². The lowest BCUT2D eigenvalue weighted by atomic mass is 10.1. The zero-order valence-electron chi connectivity index (χ0n) is 15.3. The molecule has 0 bridgehead atoms. The number of nitrogens with two attached hydrogens (primary N) is 1. The summed E-state index contributed by atoms with van der Waals surface area (Å²) in [4.78, 5) is 25.5. The van der Waals surface area contributed by atoms with Crippen LogP contribution >= 0.6 is 11.3 Å². The van der Waals surface area contributed by atoms with Crippen molar-refractivity contribution in [2.45, 2.75) is 6.92 Å². The minimum atomic E-state index is -0.459. The van der Waals surface area contributed by atoms with Crippen LogP contribution in [-0.4, -0.2) is 18.5 Å². The van der Waals surface area contributed by atoms with Crippen molar-refractivity contribution in [1.82, 2.24) is 0 Å². The summed E-state index contributed by atoms with van der Waals surface area (Å²) in [5, 5.41) is 3.25. The van der Waals surface area contributed by atoms with E-state index in [-0.39, 0.29) is 12.5 Å². The lowest BCUT2D eigenvalue weighted by molar-refractivity contribution is -0.111. The van der Waals surface area contributed by atoms with Crippen LogP contribution in [-0.2, 0) is 9.53 Å². The van der Waals surface area contributed by atoms with Gasteiger partial charge in [-0.3, -0.25) is 4.79 Å². The maximum Gasteiger partial charge on any atom is 0.341 e. The van der Waals surface area contributed by atoms with Gasteiger partial charge < -0.3 is 15.8 Å². The molecule has 0 aliphatic heterocycles. The Labute approximate surface area is 167 Å². The summed E-state index contributed by atoms with van der Waals surface area (Å²) in [5.74, 6) is -0.789. The molecule has 0 saturated carbocycles. The van der Waals surface area contributed by atoms with Crippen molar-refractivity contribution in [3.05, 3.63) is 77.9 Å². The first kappa shape index (κ1) is 19.4. The predicted molar refractivity (Wildman–Crippen MR) is 114 cm³/mol. The van der Waals surface area contributed by atoms with E-state index in [0.717, 1.165) is 16.0 Å². The number of hydrogen-bond donors (Lipinski definition) is 2. The number of ether oxygens (including phenoxy) is 1. The van der Waals surface area contributed by atoms with Crippen LogP contribution in [0.4, 0.5) is 10.7 Å². The number of carbonyl (C=O) groups is 2. The smallest absolute Gasteiger partial charge is 0.341 e. The second-order valence-corrected chi connectivity index (χ2v) is 6.98. The molecule has 1 heterocycles. The second kappa shape index (κ2) is 9.01. The number of thiophene rings is 1. The van der Waals surface area contributed by atoms with Crippen molar-refractivity contribution in [2.75, 3.05) is 17.7 Å². The largest absolute Gasteiger partial charge is 0.462 e. The zero-order chi connectivity index (χ0) is 19.9. The van der Waals surface area contributed by atoms with Gasteiger partial charge in [0.2, 0.25) is 5.91 Å². The van der Waals surface area contributed by atoms with Crippen molar-refractivity contribution in [1.29, 1.82) is 0 Å². The van der Waals surface area contributed by atoms with Gasteiger partial charge in [0, 0.05) is 16.6 Å². The van der Waals surface area contributed by atoms with Crippen LogP contribution in [0.3, 0.4) is 0 Å². The quantitative estimate of drug-likeness (QED) is 0.358. The maximum atomic E-state index is 12.4. The van der Waals surface area contributed by atoms with Crippen LogP contribution in [0.25, 0.3) is 16.5 Å². The van der Waals surface area contributed by atoms with Crippen LogP contribution in [0.5, 0.6) is 0 Å². The molecule has 1 aromatic heterocycles. The van der Waals surface area contributed by atoms with Crippen LogP contribution in [0.2, 0.25) is 0 Å². The van der Waals surface area contributed by atoms with Crippen molar-refractivity contribution in [2.24, 2.45) is 0 Å². The molecule has 0 unspecified atom stereocenters. The summed E-state index contributed by atoms with van der Waals surface area (Å²) in [6, 6.07) is 18.6. The average molecular weight is 392 g/mol. The van der Waals surface area contributed by atoms with E-state index in [2.05, 4.69) is 5.32 Å². The molecule has 0 fully saturated rings. The Balaban J connectivity index is 1.82. The molecule has 0 aliphatic carbocycles. The molecule has 0 spiro atoms. The first-order valence-corrected chi connectivity index (χ1v) is 9.59. The third kappa shape index (κ3) is 4.86. The molecule has 0 saturated heterocycles. The van der Waals surface area contributed by atoms with Gasteiger partial charge in [0.05, 0.1) is 12.2 Å². The summed E-state index contributed by atoms with van der Waals surface area (Å²) < 4.78 is 5.13. The highest BCUT2D eigenvalue weighted by Crippen LogP contribution is 2.36. The Morgan fingerprint density at radius 2 is 1.82 bits per heavy atom. The first-order chi connectivity index (χ1) is 13.6. The van der Waals surface area contributed by atoms with Crippen LogP contribution in [0, 0.1) is 0 Å². The number of carbonyl (C=O) groups excluding carboxylic acids is 2. The molecule has 142 valence electrons. The van der Waals surface area contributed by atoms with Crippen molar-refractivity contribution in [3.8, 4) is 10.4 Å². The second-order valence-electron chi connectivity index (χ2n) is 5.93. The fourth-order valence-corrected chi connectivity index (χ4v) is 3.58. The lowest BCUT2D eigenvalue weighted by Crippen LogP contribution is -2.11. The highest BCUT2D eigenvalue weighted by molar-refractivity contribution is 7.20. The van der Waals surface area contributed by atoms with Gasteiger partial charge in [-0.1, -0.05) is 42.5 Å². The molecule has 0 atom stereocenters. The number of amides is 1. The summed E-state index contributed by atoms with van der Waals surface area (Å²) in [6.45, 7) is 2.01. The molecule has 0 aliphatic rings. The Bertz CT molecular complexity index is 992. The summed E-state index contributed by atoms with van der Waals surface area (Å²) in [5.41, 5.74) is 8.49. The van der Waals surface area contributed by atoms with Gasteiger partial charge in [-0.2, -0.15) is 0 Å². The fourth-order valence-electron chi connectivity index (χ4n) is 2.52. The van der Waals surface area contributed by atoms with Gasteiger partial charge in [0.1, 0.15) is 5.00 Å². The van der Waals surface area contributed by atoms with E-state index in [1.807, 2.05) is 42.5 Å². The number of nitrogen functional groups attached to an aromatic ring is 1. The van der Waals surface area contributed by atoms with Crippen molar-refractivity contribution >= 4 is 40.0 Å². The first-order valence-electron chi connectivity index (χ1n) is 8.78. The third-order valence-corrected chi connectivity index (χ3v) is 4.99. The molecule has 3 aromatic rings. The standard InChI is InChI=1S/C22H20N2O3S/c1-2-27-22(26)18-14-19(16-6-4-3-5-7-16)28-21(18)24-20(25)13-10-15-8-11-17(23)12-9-15/h3-14H,2,23H2,1H3,(H,24,25)/b13-10+. The number of benzene rings is 2. The van der Waals surface area contributed by atoms with Crippen LogP contribution in [0.15, 0.2) is 66.7 Å². The minimum Gasteiger partial charge on any atom is -0.462 e. The highest BCUT2D eigenvalue weighted by atomic mass is 32.1. The highest BCUT2D eigenvalue weighted by Gasteiger charge is 2.19. The Morgan fingerprint density at radius 1 is 1.11 bits per heavy atom. The molecule has 5 nitrogen and oxygen atoms in total. The van der Waals surface area contributed by atoms with Crippen LogP contribution < -0.4 is 11.1 Å². The fraction of sp³-hybridized carbons (Fsp3) is 0.0909. The Morgan fingerprint density at radius 3 is 2.50 bits per heavy atom. The third-order valence-electron chi connectivity index (χ3n) is 3.89. The van der Waals surface area contributed by atoms with E-state index in [1.54, 1.807) is 31.2 Å². The number of anilines is 2. The monoisotopic (exact) mass is 392 g/mol. The molecular formula is C22H20N2O3S. The van der Waals surface area contributed by atoms with Crippen LogP contribution in [0.1, 0.15) is 22.8 Å². The van der Waals surface area contributed by atoms with Gasteiger partial charge in [-0.15, -0.1) is 11.3 Å². The number of hydrogen-bond acceptors (Lipinski definition) is 5. The van der Waals surface area contributed by atoms with Gasteiger partial charge in [0.25, 0.3) is 0 Å². The average Bonchev–Trinajstić information content (AvgIpc) is 3.12. The van der Waals surface area contributed by atoms with Gasteiger partial charge >= 0.3 is 5.97 Å². The van der Waals surface area contributed by atoms with E-state index in [9.17, 15) is 9.59 Å². The van der Waals surface area contributed by atoms with Gasteiger partial charge in [0.15, 0.2) is 0 Å². The van der Waals surface area contributed by atoms with Gasteiger partial charge in [-0.25, -0.2) is 4.79 Å². The minimum absolute atomic E-state index is 0.264. The summed E-state index contributed by atoms with van der Waals surface area (Å²) >= 11 is 1.34. The molecule has 28 heavy (non-hydrogen) atoms. The Hall–Kier alpha value is -3.38. The zero-order valence-corrected chi connectivity index (χ0v) is 16.2. The van der Waals surface area contributed by atoms with Crippen molar-refractivity contribution < 1.29 is 14.3 Å². The van der Waals surface area contributed by atoms with E-state index in [0.29, 0.717) is 16.3 Å². The number of nitrogens with one attached hydrogen (secondary N) is 1. The number of rotatable bonds is 6. The molecule has 6 heteroatoms.